The SMILES string of the molecule is COc1ncccc1-c1nnc(N)o1. The summed E-state index contributed by atoms with van der Waals surface area (Å²) in [4.78, 5) is 3.99. The van der Waals surface area contributed by atoms with E-state index >= 15 is 0 Å². The summed E-state index contributed by atoms with van der Waals surface area (Å²) in [6.45, 7) is 0. The van der Waals surface area contributed by atoms with E-state index in [1.54, 1.807) is 18.3 Å². The van der Waals surface area contributed by atoms with Gasteiger partial charge in [0.2, 0.25) is 5.88 Å². The molecule has 0 aromatic carbocycles. The minimum Gasteiger partial charge on any atom is -0.480 e. The molecule has 0 saturated carbocycles. The number of nitrogens with zero attached hydrogens (tertiary/aromatic N) is 3. The van der Waals surface area contributed by atoms with Crippen molar-refractivity contribution >= 4 is 6.01 Å². The van der Waals surface area contributed by atoms with Gasteiger partial charge in [0.15, 0.2) is 0 Å². The molecular formula is C8H8N4O2. The van der Waals surface area contributed by atoms with Gasteiger partial charge >= 0.3 is 6.01 Å². The summed E-state index contributed by atoms with van der Waals surface area (Å²) in [7, 11) is 1.52. The van der Waals surface area contributed by atoms with E-state index < -0.39 is 0 Å². The van der Waals surface area contributed by atoms with Gasteiger partial charge in [-0.2, -0.15) is 0 Å². The molecule has 72 valence electrons. The number of anilines is 1. The fourth-order valence-electron chi connectivity index (χ4n) is 1.06. The molecule has 0 aliphatic carbocycles. The van der Waals surface area contributed by atoms with Gasteiger partial charge in [-0.05, 0) is 12.1 Å². The molecule has 6 nitrogen and oxygen atoms in total. The van der Waals surface area contributed by atoms with E-state index in [2.05, 4.69) is 15.2 Å². The van der Waals surface area contributed by atoms with Crippen molar-refractivity contribution in [1.82, 2.24) is 15.2 Å². The van der Waals surface area contributed by atoms with E-state index in [0.717, 1.165) is 0 Å². The first-order chi connectivity index (χ1) is 6.81. The van der Waals surface area contributed by atoms with Crippen LogP contribution in [0.4, 0.5) is 6.01 Å². The van der Waals surface area contributed by atoms with Crippen LogP contribution in [0.5, 0.6) is 5.88 Å². The molecule has 6 heteroatoms. The molecule has 2 heterocycles. The molecule has 2 N–H and O–H groups in total. The topological polar surface area (TPSA) is 87.1 Å². The summed E-state index contributed by atoms with van der Waals surface area (Å²) in [5.41, 5.74) is 5.93. The van der Waals surface area contributed by atoms with Gasteiger partial charge in [0, 0.05) is 6.20 Å². The van der Waals surface area contributed by atoms with Crippen LogP contribution in [0.25, 0.3) is 11.5 Å². The van der Waals surface area contributed by atoms with Crippen molar-refractivity contribution in [3.05, 3.63) is 18.3 Å². The van der Waals surface area contributed by atoms with Crippen LogP contribution in [-0.2, 0) is 0 Å². The molecule has 0 bridgehead atoms. The van der Waals surface area contributed by atoms with Crippen molar-refractivity contribution in [3.8, 4) is 17.3 Å². The first kappa shape index (κ1) is 8.49. The van der Waals surface area contributed by atoms with Crippen molar-refractivity contribution in [3.63, 3.8) is 0 Å². The Morgan fingerprint density at radius 1 is 1.43 bits per heavy atom. The van der Waals surface area contributed by atoms with E-state index in [9.17, 15) is 0 Å². The predicted molar refractivity (Wildman–Crippen MR) is 48.5 cm³/mol. The third-order valence-corrected chi connectivity index (χ3v) is 1.64. The monoisotopic (exact) mass is 192 g/mol. The summed E-state index contributed by atoms with van der Waals surface area (Å²) >= 11 is 0. The smallest absolute Gasteiger partial charge is 0.313 e. The zero-order valence-corrected chi connectivity index (χ0v) is 7.47. The lowest BCUT2D eigenvalue weighted by Gasteiger charge is -2.01. The zero-order valence-electron chi connectivity index (χ0n) is 7.47. The average molecular weight is 192 g/mol. The maximum atomic E-state index is 5.31. The van der Waals surface area contributed by atoms with Crippen molar-refractivity contribution in [1.29, 1.82) is 0 Å². The van der Waals surface area contributed by atoms with Crippen LogP contribution < -0.4 is 10.5 Å². The maximum absolute atomic E-state index is 5.31. The Morgan fingerprint density at radius 3 is 2.93 bits per heavy atom. The Bertz CT molecular complexity index is 440. The maximum Gasteiger partial charge on any atom is 0.313 e. The standard InChI is InChI=1S/C8H8N4O2/c1-13-6-5(3-2-4-10-6)7-11-12-8(9)14-7/h2-4H,1H3,(H2,9,12). The minimum atomic E-state index is 0.0194. The molecule has 0 saturated heterocycles. The van der Waals surface area contributed by atoms with Gasteiger partial charge < -0.3 is 14.9 Å². The molecule has 0 spiro atoms. The third-order valence-electron chi connectivity index (χ3n) is 1.64. The molecule has 0 aliphatic rings. The van der Waals surface area contributed by atoms with Crippen LogP contribution in [0, 0.1) is 0 Å². The molecule has 14 heavy (non-hydrogen) atoms. The second-order valence-corrected chi connectivity index (χ2v) is 2.51. The van der Waals surface area contributed by atoms with Gasteiger partial charge in [-0.3, -0.25) is 0 Å². The number of aromatic nitrogens is 3. The molecule has 0 unspecified atom stereocenters. The molecule has 0 radical (unpaired) electrons. The number of nitrogens with two attached hydrogens (primary N) is 1. The number of methoxy groups -OCH3 is 1. The molecule has 2 aromatic rings. The first-order valence-corrected chi connectivity index (χ1v) is 3.89. The highest BCUT2D eigenvalue weighted by molar-refractivity contribution is 5.59. The van der Waals surface area contributed by atoms with Crippen LogP contribution in [-0.4, -0.2) is 22.3 Å². The van der Waals surface area contributed by atoms with Gasteiger partial charge in [-0.1, -0.05) is 5.10 Å². The number of nitrogen functional groups attached to an aromatic ring is 1. The zero-order chi connectivity index (χ0) is 9.97. The summed E-state index contributed by atoms with van der Waals surface area (Å²) < 4.78 is 10.1. The van der Waals surface area contributed by atoms with E-state index in [0.29, 0.717) is 17.3 Å². The highest BCUT2D eigenvalue weighted by atomic mass is 16.5. The number of ether oxygens (including phenoxy) is 1. The van der Waals surface area contributed by atoms with Crippen LogP contribution in [0.15, 0.2) is 22.7 Å². The molecule has 2 rings (SSSR count). The highest BCUT2D eigenvalue weighted by Crippen LogP contribution is 2.26. The van der Waals surface area contributed by atoms with E-state index in [1.807, 2.05) is 0 Å². The predicted octanol–water partition coefficient (Wildman–Crippen LogP) is 0.722. The van der Waals surface area contributed by atoms with Gasteiger partial charge in [0.25, 0.3) is 5.89 Å². The van der Waals surface area contributed by atoms with Crippen LogP contribution >= 0.6 is 0 Å². The Kier molecular flexibility index (Phi) is 2.02. The number of hydrogen-bond donors (Lipinski definition) is 1. The van der Waals surface area contributed by atoms with Crippen molar-refractivity contribution in [2.45, 2.75) is 0 Å². The van der Waals surface area contributed by atoms with Gasteiger partial charge in [-0.25, -0.2) is 4.98 Å². The fourth-order valence-corrected chi connectivity index (χ4v) is 1.06. The Balaban J connectivity index is 2.50. The summed E-state index contributed by atoms with van der Waals surface area (Å²) in [5.74, 6) is 0.726. The summed E-state index contributed by atoms with van der Waals surface area (Å²) in [6.07, 6.45) is 1.61. The molecule has 0 aliphatic heterocycles. The molecule has 0 fully saturated rings. The highest BCUT2D eigenvalue weighted by Gasteiger charge is 2.12. The Labute approximate surface area is 79.7 Å². The van der Waals surface area contributed by atoms with Gasteiger partial charge in [0.05, 0.1) is 7.11 Å². The average Bonchev–Trinajstić information content (AvgIpc) is 2.65. The van der Waals surface area contributed by atoms with Gasteiger partial charge in [0.1, 0.15) is 5.56 Å². The van der Waals surface area contributed by atoms with Crippen LogP contribution in [0.3, 0.4) is 0 Å². The van der Waals surface area contributed by atoms with Crippen LogP contribution in [0.1, 0.15) is 0 Å². The van der Waals surface area contributed by atoms with Crippen LogP contribution in [0.2, 0.25) is 0 Å². The van der Waals surface area contributed by atoms with Crippen molar-refractivity contribution in [2.24, 2.45) is 0 Å². The Hall–Kier alpha value is -2.11. The number of rotatable bonds is 2. The molecule has 0 atom stereocenters. The lowest BCUT2D eigenvalue weighted by molar-refractivity contribution is 0.398. The van der Waals surface area contributed by atoms with E-state index in [4.69, 9.17) is 14.9 Å². The quantitative estimate of drug-likeness (QED) is 0.754. The second kappa shape index (κ2) is 3.33. The minimum absolute atomic E-state index is 0.0194. The number of hydrogen-bond acceptors (Lipinski definition) is 6. The largest absolute Gasteiger partial charge is 0.480 e. The van der Waals surface area contributed by atoms with Gasteiger partial charge in [-0.15, -0.1) is 5.10 Å². The van der Waals surface area contributed by atoms with E-state index in [-0.39, 0.29) is 6.01 Å². The van der Waals surface area contributed by atoms with E-state index in [1.165, 1.54) is 7.11 Å². The summed E-state index contributed by atoms with van der Waals surface area (Å²) in [6, 6.07) is 3.53. The lowest BCUT2D eigenvalue weighted by Crippen LogP contribution is -1.90. The third kappa shape index (κ3) is 1.37. The fraction of sp³-hybridized carbons (Fsp3) is 0.125. The first-order valence-electron chi connectivity index (χ1n) is 3.89. The van der Waals surface area contributed by atoms with Crippen molar-refractivity contribution < 1.29 is 9.15 Å². The molecule has 2 aromatic heterocycles. The molecule has 0 amide bonds. The second-order valence-electron chi connectivity index (χ2n) is 2.51. The number of pyridine rings is 1. The van der Waals surface area contributed by atoms with Crippen molar-refractivity contribution in [2.75, 3.05) is 12.8 Å². The normalized spacial score (nSPS) is 10.1. The Morgan fingerprint density at radius 2 is 2.29 bits per heavy atom. The molecular weight excluding hydrogens is 184 g/mol. The lowest BCUT2D eigenvalue weighted by atomic mass is 10.3. The summed E-state index contributed by atoms with van der Waals surface area (Å²) in [5, 5.41) is 7.28.